The van der Waals surface area contributed by atoms with Crippen molar-refractivity contribution >= 4 is 5.69 Å². The van der Waals surface area contributed by atoms with Crippen LogP contribution in [0, 0.1) is 0 Å². The van der Waals surface area contributed by atoms with Crippen LogP contribution < -0.4 is 5.32 Å². The first-order valence-electron chi connectivity index (χ1n) is 7.50. The summed E-state index contributed by atoms with van der Waals surface area (Å²) in [4.78, 5) is 2.48. The smallest absolute Gasteiger partial charge is 0.0469 e. The van der Waals surface area contributed by atoms with Gasteiger partial charge in [0.15, 0.2) is 0 Å². The van der Waals surface area contributed by atoms with Crippen molar-refractivity contribution in [2.75, 3.05) is 25.5 Å². The molecular formula is C17H23N3. The van der Waals surface area contributed by atoms with E-state index in [0.717, 1.165) is 6.54 Å². The number of benzene rings is 1. The van der Waals surface area contributed by atoms with Crippen LogP contribution in [0.3, 0.4) is 0 Å². The van der Waals surface area contributed by atoms with Crippen molar-refractivity contribution in [1.29, 1.82) is 0 Å². The van der Waals surface area contributed by atoms with Gasteiger partial charge in [0.2, 0.25) is 0 Å². The SMILES string of the molecule is CN1CCCCC1CNc1cccc(-n2cccc2)c1. The Balaban J connectivity index is 1.64. The molecule has 1 unspecified atom stereocenters. The highest BCUT2D eigenvalue weighted by Gasteiger charge is 2.18. The van der Waals surface area contributed by atoms with Crippen molar-refractivity contribution in [3.05, 3.63) is 48.8 Å². The first-order valence-corrected chi connectivity index (χ1v) is 7.50. The molecule has 1 aliphatic heterocycles. The van der Waals surface area contributed by atoms with Crippen molar-refractivity contribution in [1.82, 2.24) is 9.47 Å². The summed E-state index contributed by atoms with van der Waals surface area (Å²) in [6, 6.07) is 13.4. The Bertz CT molecular complexity index is 533. The zero-order valence-electron chi connectivity index (χ0n) is 12.1. The number of hydrogen-bond donors (Lipinski definition) is 1. The Kier molecular flexibility index (Phi) is 4.07. The number of hydrogen-bond acceptors (Lipinski definition) is 2. The van der Waals surface area contributed by atoms with E-state index >= 15 is 0 Å². The summed E-state index contributed by atoms with van der Waals surface area (Å²) in [6.07, 6.45) is 8.17. The van der Waals surface area contributed by atoms with E-state index in [-0.39, 0.29) is 0 Å². The highest BCUT2D eigenvalue weighted by Crippen LogP contribution is 2.18. The summed E-state index contributed by atoms with van der Waals surface area (Å²) in [5.74, 6) is 0. The molecule has 0 bridgehead atoms. The molecule has 1 fully saturated rings. The first kappa shape index (κ1) is 13.3. The molecule has 0 radical (unpaired) electrons. The molecule has 1 saturated heterocycles. The molecule has 1 N–H and O–H groups in total. The standard InChI is InChI=1S/C17H23N3/c1-19-10-3-2-8-17(19)14-18-15-7-6-9-16(13-15)20-11-4-5-12-20/h4-7,9,11-13,17-18H,2-3,8,10,14H2,1H3. The van der Waals surface area contributed by atoms with Gasteiger partial charge in [0.05, 0.1) is 0 Å². The molecular weight excluding hydrogens is 246 g/mol. The van der Waals surface area contributed by atoms with Gasteiger partial charge in [-0.3, -0.25) is 0 Å². The number of piperidine rings is 1. The lowest BCUT2D eigenvalue weighted by atomic mass is 10.0. The fraction of sp³-hybridized carbons (Fsp3) is 0.412. The van der Waals surface area contributed by atoms with Crippen LogP contribution in [0.5, 0.6) is 0 Å². The van der Waals surface area contributed by atoms with Gasteiger partial charge in [0.1, 0.15) is 0 Å². The Morgan fingerprint density at radius 1 is 1.15 bits per heavy atom. The van der Waals surface area contributed by atoms with Crippen molar-refractivity contribution in [2.45, 2.75) is 25.3 Å². The molecule has 2 aromatic rings. The van der Waals surface area contributed by atoms with Crippen LogP contribution in [-0.2, 0) is 0 Å². The maximum absolute atomic E-state index is 3.59. The zero-order valence-corrected chi connectivity index (χ0v) is 12.1. The summed E-state index contributed by atoms with van der Waals surface area (Å²) in [5, 5.41) is 3.59. The van der Waals surface area contributed by atoms with Crippen LogP contribution in [-0.4, -0.2) is 35.6 Å². The summed E-state index contributed by atoms with van der Waals surface area (Å²) in [5.41, 5.74) is 2.41. The fourth-order valence-electron chi connectivity index (χ4n) is 2.92. The Labute approximate surface area is 121 Å². The predicted molar refractivity (Wildman–Crippen MR) is 84.5 cm³/mol. The van der Waals surface area contributed by atoms with E-state index in [1.54, 1.807) is 0 Å². The van der Waals surface area contributed by atoms with Crippen LogP contribution in [0.2, 0.25) is 0 Å². The average Bonchev–Trinajstić information content (AvgIpc) is 3.01. The number of anilines is 1. The summed E-state index contributed by atoms with van der Waals surface area (Å²) >= 11 is 0. The van der Waals surface area contributed by atoms with Crippen molar-refractivity contribution in [2.24, 2.45) is 0 Å². The fourth-order valence-corrected chi connectivity index (χ4v) is 2.92. The third-order valence-corrected chi connectivity index (χ3v) is 4.21. The third kappa shape index (κ3) is 3.05. The van der Waals surface area contributed by atoms with Gasteiger partial charge in [-0.15, -0.1) is 0 Å². The average molecular weight is 269 g/mol. The van der Waals surface area contributed by atoms with E-state index in [4.69, 9.17) is 0 Å². The summed E-state index contributed by atoms with van der Waals surface area (Å²) in [6.45, 7) is 2.27. The Hall–Kier alpha value is -1.74. The number of rotatable bonds is 4. The van der Waals surface area contributed by atoms with Crippen LogP contribution in [0.1, 0.15) is 19.3 Å². The molecule has 1 aliphatic rings. The zero-order chi connectivity index (χ0) is 13.8. The van der Waals surface area contributed by atoms with Gasteiger partial charge in [-0.2, -0.15) is 0 Å². The highest BCUT2D eigenvalue weighted by atomic mass is 15.2. The number of aromatic nitrogens is 1. The number of likely N-dealkylation sites (N-methyl/N-ethyl adjacent to an activating group) is 1. The molecule has 3 rings (SSSR count). The van der Waals surface area contributed by atoms with E-state index in [2.05, 4.69) is 70.6 Å². The molecule has 2 heterocycles. The molecule has 0 saturated carbocycles. The molecule has 1 aromatic carbocycles. The van der Waals surface area contributed by atoms with E-state index in [1.165, 1.54) is 37.2 Å². The van der Waals surface area contributed by atoms with Crippen molar-refractivity contribution < 1.29 is 0 Å². The molecule has 0 spiro atoms. The van der Waals surface area contributed by atoms with Crippen LogP contribution in [0.15, 0.2) is 48.8 Å². The maximum Gasteiger partial charge on any atom is 0.0469 e. The lowest BCUT2D eigenvalue weighted by Crippen LogP contribution is -2.40. The lowest BCUT2D eigenvalue weighted by molar-refractivity contribution is 0.194. The topological polar surface area (TPSA) is 20.2 Å². The largest absolute Gasteiger partial charge is 0.383 e. The van der Waals surface area contributed by atoms with Gasteiger partial charge in [-0.05, 0) is 56.8 Å². The van der Waals surface area contributed by atoms with Gasteiger partial charge in [0.25, 0.3) is 0 Å². The first-order chi connectivity index (χ1) is 9.83. The number of nitrogens with zero attached hydrogens (tertiary/aromatic N) is 2. The molecule has 0 amide bonds. The maximum atomic E-state index is 3.59. The third-order valence-electron chi connectivity index (χ3n) is 4.21. The molecule has 20 heavy (non-hydrogen) atoms. The van der Waals surface area contributed by atoms with Gasteiger partial charge in [0, 0.05) is 36.4 Å². The normalized spacial score (nSPS) is 19.9. The highest BCUT2D eigenvalue weighted by molar-refractivity contribution is 5.51. The quantitative estimate of drug-likeness (QED) is 0.918. The minimum absolute atomic E-state index is 0.666. The molecule has 3 nitrogen and oxygen atoms in total. The Morgan fingerprint density at radius 3 is 2.80 bits per heavy atom. The van der Waals surface area contributed by atoms with Gasteiger partial charge < -0.3 is 14.8 Å². The lowest BCUT2D eigenvalue weighted by Gasteiger charge is -2.32. The van der Waals surface area contributed by atoms with Crippen LogP contribution >= 0.6 is 0 Å². The molecule has 1 aromatic heterocycles. The van der Waals surface area contributed by atoms with Crippen molar-refractivity contribution in [3.8, 4) is 5.69 Å². The molecule has 1 atom stereocenters. The Morgan fingerprint density at radius 2 is 2.00 bits per heavy atom. The number of likely N-dealkylation sites (tertiary alicyclic amines) is 1. The van der Waals surface area contributed by atoms with Crippen LogP contribution in [0.4, 0.5) is 5.69 Å². The molecule has 3 heteroatoms. The van der Waals surface area contributed by atoms with E-state index in [1.807, 2.05) is 0 Å². The molecule has 0 aliphatic carbocycles. The van der Waals surface area contributed by atoms with Gasteiger partial charge >= 0.3 is 0 Å². The summed E-state index contributed by atoms with van der Waals surface area (Å²) in [7, 11) is 2.24. The van der Waals surface area contributed by atoms with E-state index in [9.17, 15) is 0 Å². The molecule has 106 valence electrons. The second kappa shape index (κ2) is 6.14. The minimum Gasteiger partial charge on any atom is -0.383 e. The second-order valence-corrected chi connectivity index (χ2v) is 5.65. The van der Waals surface area contributed by atoms with E-state index in [0.29, 0.717) is 6.04 Å². The number of nitrogens with one attached hydrogen (secondary N) is 1. The monoisotopic (exact) mass is 269 g/mol. The van der Waals surface area contributed by atoms with Gasteiger partial charge in [-0.25, -0.2) is 0 Å². The van der Waals surface area contributed by atoms with Crippen molar-refractivity contribution in [3.63, 3.8) is 0 Å². The van der Waals surface area contributed by atoms with E-state index < -0.39 is 0 Å². The second-order valence-electron chi connectivity index (χ2n) is 5.65. The summed E-state index contributed by atoms with van der Waals surface area (Å²) < 4.78 is 2.14. The minimum atomic E-state index is 0.666. The van der Waals surface area contributed by atoms with Gasteiger partial charge in [-0.1, -0.05) is 12.5 Å². The predicted octanol–water partition coefficient (Wildman–Crippen LogP) is 3.37. The van der Waals surface area contributed by atoms with Crippen LogP contribution in [0.25, 0.3) is 5.69 Å².